The Kier molecular flexibility index (Phi) is 3.38. The van der Waals surface area contributed by atoms with Crippen molar-refractivity contribution in [3.8, 4) is 5.75 Å². The standard InChI is InChI=1S/C12H11N3O3/c13-12-11(5-2-6-14-12)18-8-9-3-1-4-10(7-9)15(16)17/h1-7H,8H2,(H2,13,14). The summed E-state index contributed by atoms with van der Waals surface area (Å²) >= 11 is 0. The first-order valence-corrected chi connectivity index (χ1v) is 5.23. The largest absolute Gasteiger partial charge is 0.485 e. The topological polar surface area (TPSA) is 91.3 Å². The summed E-state index contributed by atoms with van der Waals surface area (Å²) in [7, 11) is 0. The Hall–Kier alpha value is -2.63. The zero-order valence-corrected chi connectivity index (χ0v) is 9.45. The van der Waals surface area contributed by atoms with Gasteiger partial charge in [-0.15, -0.1) is 0 Å². The lowest BCUT2D eigenvalue weighted by molar-refractivity contribution is -0.384. The number of ether oxygens (including phenoxy) is 1. The second kappa shape index (κ2) is 5.13. The van der Waals surface area contributed by atoms with Crippen molar-refractivity contribution < 1.29 is 9.66 Å². The predicted octanol–water partition coefficient (Wildman–Crippen LogP) is 2.15. The van der Waals surface area contributed by atoms with Gasteiger partial charge in [0.05, 0.1) is 4.92 Å². The molecule has 0 saturated heterocycles. The molecule has 0 unspecified atom stereocenters. The molecule has 1 aromatic carbocycles. The molecule has 0 radical (unpaired) electrons. The third-order valence-electron chi connectivity index (χ3n) is 2.32. The van der Waals surface area contributed by atoms with Crippen molar-refractivity contribution in [2.75, 3.05) is 5.73 Å². The summed E-state index contributed by atoms with van der Waals surface area (Å²) in [6, 6.07) is 9.66. The SMILES string of the molecule is Nc1ncccc1OCc1cccc([N+](=O)[O-])c1. The minimum absolute atomic E-state index is 0.0373. The van der Waals surface area contributed by atoms with Gasteiger partial charge in [0.1, 0.15) is 6.61 Å². The molecule has 0 aliphatic carbocycles. The fraction of sp³-hybridized carbons (Fsp3) is 0.0833. The van der Waals surface area contributed by atoms with E-state index in [9.17, 15) is 10.1 Å². The summed E-state index contributed by atoms with van der Waals surface area (Å²) in [5.41, 5.74) is 6.36. The lowest BCUT2D eigenvalue weighted by Gasteiger charge is -2.07. The zero-order valence-electron chi connectivity index (χ0n) is 9.45. The van der Waals surface area contributed by atoms with Gasteiger partial charge in [0.2, 0.25) is 0 Å². The predicted molar refractivity (Wildman–Crippen MR) is 66.1 cm³/mol. The lowest BCUT2D eigenvalue weighted by Crippen LogP contribution is -2.00. The third kappa shape index (κ3) is 2.73. The first-order valence-electron chi connectivity index (χ1n) is 5.23. The summed E-state index contributed by atoms with van der Waals surface area (Å²) in [4.78, 5) is 14.1. The van der Waals surface area contributed by atoms with E-state index in [1.165, 1.54) is 12.1 Å². The Morgan fingerprint density at radius 2 is 2.17 bits per heavy atom. The first-order chi connectivity index (χ1) is 8.66. The first kappa shape index (κ1) is 11.8. The Bertz CT molecular complexity index is 572. The van der Waals surface area contributed by atoms with E-state index >= 15 is 0 Å². The summed E-state index contributed by atoms with van der Waals surface area (Å²) < 4.78 is 5.45. The molecule has 0 fully saturated rings. The van der Waals surface area contributed by atoms with Crippen LogP contribution in [0.25, 0.3) is 0 Å². The highest BCUT2D eigenvalue weighted by atomic mass is 16.6. The van der Waals surface area contributed by atoms with E-state index in [2.05, 4.69) is 4.98 Å². The molecular formula is C12H11N3O3. The van der Waals surface area contributed by atoms with Crippen LogP contribution in [0, 0.1) is 10.1 Å². The molecule has 6 nitrogen and oxygen atoms in total. The minimum atomic E-state index is -0.443. The maximum atomic E-state index is 10.6. The van der Waals surface area contributed by atoms with Crippen LogP contribution in [0.4, 0.5) is 11.5 Å². The summed E-state index contributed by atoms with van der Waals surface area (Å²) in [5.74, 6) is 0.756. The van der Waals surface area contributed by atoms with Crippen LogP contribution in [0.3, 0.4) is 0 Å². The Labute approximate surface area is 103 Å². The van der Waals surface area contributed by atoms with Gasteiger partial charge in [0.15, 0.2) is 11.6 Å². The van der Waals surface area contributed by atoms with Gasteiger partial charge in [-0.1, -0.05) is 12.1 Å². The molecule has 0 atom stereocenters. The Morgan fingerprint density at radius 1 is 1.33 bits per heavy atom. The van der Waals surface area contributed by atoms with Gasteiger partial charge < -0.3 is 10.5 Å². The van der Waals surface area contributed by atoms with Gasteiger partial charge in [-0.3, -0.25) is 10.1 Å². The Balaban J connectivity index is 2.09. The van der Waals surface area contributed by atoms with Crippen LogP contribution in [-0.2, 0) is 6.61 Å². The van der Waals surface area contributed by atoms with Crippen molar-refractivity contribution in [2.24, 2.45) is 0 Å². The number of non-ortho nitro benzene ring substituents is 1. The van der Waals surface area contributed by atoms with Crippen molar-refractivity contribution in [2.45, 2.75) is 6.61 Å². The highest BCUT2D eigenvalue weighted by Gasteiger charge is 2.06. The summed E-state index contributed by atoms with van der Waals surface area (Å²) in [5, 5.41) is 10.6. The van der Waals surface area contributed by atoms with Crippen molar-refractivity contribution in [1.82, 2.24) is 4.98 Å². The molecule has 1 heterocycles. The second-order valence-corrected chi connectivity index (χ2v) is 3.60. The molecular weight excluding hydrogens is 234 g/mol. The van der Waals surface area contributed by atoms with Crippen LogP contribution in [0.5, 0.6) is 5.75 Å². The number of nitro groups is 1. The van der Waals surface area contributed by atoms with Crippen LogP contribution in [-0.4, -0.2) is 9.91 Å². The number of benzene rings is 1. The number of nitro benzene ring substituents is 1. The second-order valence-electron chi connectivity index (χ2n) is 3.60. The number of nitrogens with two attached hydrogens (primary N) is 1. The van der Waals surface area contributed by atoms with Gasteiger partial charge in [-0.05, 0) is 17.7 Å². The average Bonchev–Trinajstić information content (AvgIpc) is 2.38. The maximum absolute atomic E-state index is 10.6. The van der Waals surface area contributed by atoms with Gasteiger partial charge in [0.25, 0.3) is 5.69 Å². The van der Waals surface area contributed by atoms with Crippen molar-refractivity contribution in [3.63, 3.8) is 0 Å². The van der Waals surface area contributed by atoms with Gasteiger partial charge in [-0.2, -0.15) is 0 Å². The van der Waals surface area contributed by atoms with Gasteiger partial charge in [-0.25, -0.2) is 4.98 Å². The molecule has 0 amide bonds. The van der Waals surface area contributed by atoms with Crippen LogP contribution in [0.1, 0.15) is 5.56 Å². The Morgan fingerprint density at radius 3 is 2.89 bits per heavy atom. The maximum Gasteiger partial charge on any atom is 0.269 e. The van der Waals surface area contributed by atoms with E-state index in [1.807, 2.05) is 0 Å². The van der Waals surface area contributed by atoms with Crippen LogP contribution in [0.15, 0.2) is 42.6 Å². The number of aromatic nitrogens is 1. The minimum Gasteiger partial charge on any atom is -0.485 e. The lowest BCUT2D eigenvalue weighted by atomic mass is 10.2. The summed E-state index contributed by atoms with van der Waals surface area (Å²) in [6.45, 7) is 0.206. The zero-order chi connectivity index (χ0) is 13.0. The summed E-state index contributed by atoms with van der Waals surface area (Å²) in [6.07, 6.45) is 1.57. The molecule has 6 heteroatoms. The highest BCUT2D eigenvalue weighted by Crippen LogP contribution is 2.20. The van der Waals surface area contributed by atoms with Crippen LogP contribution in [0.2, 0.25) is 0 Å². The number of hydrogen-bond donors (Lipinski definition) is 1. The number of pyridine rings is 1. The number of anilines is 1. The average molecular weight is 245 g/mol. The molecule has 2 N–H and O–H groups in total. The van der Waals surface area contributed by atoms with E-state index in [-0.39, 0.29) is 12.3 Å². The molecule has 0 aliphatic heterocycles. The third-order valence-corrected chi connectivity index (χ3v) is 2.32. The smallest absolute Gasteiger partial charge is 0.269 e. The van der Waals surface area contributed by atoms with Crippen LogP contribution < -0.4 is 10.5 Å². The molecule has 0 aliphatic rings. The van der Waals surface area contributed by atoms with E-state index in [0.29, 0.717) is 17.1 Å². The number of rotatable bonds is 4. The molecule has 0 saturated carbocycles. The monoisotopic (exact) mass is 245 g/mol. The van der Waals surface area contributed by atoms with Crippen molar-refractivity contribution >= 4 is 11.5 Å². The van der Waals surface area contributed by atoms with Gasteiger partial charge >= 0.3 is 0 Å². The normalized spacial score (nSPS) is 10.0. The number of nitrogens with zero attached hydrogens (tertiary/aromatic N) is 2. The van der Waals surface area contributed by atoms with E-state index in [1.54, 1.807) is 30.5 Å². The molecule has 92 valence electrons. The molecule has 1 aromatic heterocycles. The van der Waals surface area contributed by atoms with Gasteiger partial charge in [0, 0.05) is 18.3 Å². The molecule has 18 heavy (non-hydrogen) atoms. The highest BCUT2D eigenvalue weighted by molar-refractivity contribution is 5.45. The number of nitrogen functional groups attached to an aromatic ring is 1. The number of hydrogen-bond acceptors (Lipinski definition) is 5. The molecule has 2 rings (SSSR count). The quantitative estimate of drug-likeness (QED) is 0.658. The van der Waals surface area contributed by atoms with Crippen LogP contribution >= 0.6 is 0 Å². The van der Waals surface area contributed by atoms with E-state index in [0.717, 1.165) is 0 Å². The van der Waals surface area contributed by atoms with E-state index < -0.39 is 4.92 Å². The fourth-order valence-electron chi connectivity index (χ4n) is 1.45. The van der Waals surface area contributed by atoms with E-state index in [4.69, 9.17) is 10.5 Å². The van der Waals surface area contributed by atoms with Crippen molar-refractivity contribution in [1.29, 1.82) is 0 Å². The molecule has 2 aromatic rings. The molecule has 0 bridgehead atoms. The molecule has 0 spiro atoms. The van der Waals surface area contributed by atoms with Crippen molar-refractivity contribution in [3.05, 3.63) is 58.3 Å². The fourth-order valence-corrected chi connectivity index (χ4v) is 1.45.